The van der Waals surface area contributed by atoms with Crippen molar-refractivity contribution in [2.45, 2.75) is 25.8 Å². The van der Waals surface area contributed by atoms with Crippen molar-refractivity contribution in [1.29, 1.82) is 0 Å². The summed E-state index contributed by atoms with van der Waals surface area (Å²) in [4.78, 5) is 14.4. The standard InChI is InChI=1S/C16H20N4O/c1-2-8-17-14-7-9-20(15-6-4-3-5-13(14)15)16(21)12-10-18-19-11-12/h3-6,10-11,14,17H,2,7-9H2,1H3,(H,18,19). The van der Waals surface area contributed by atoms with E-state index in [1.165, 1.54) is 5.56 Å². The molecule has 1 aromatic carbocycles. The lowest BCUT2D eigenvalue weighted by atomic mass is 9.95. The number of aromatic amines is 1. The SMILES string of the molecule is CCCNC1CCN(C(=O)c2cn[nH]c2)c2ccccc21. The third-order valence-electron chi connectivity index (χ3n) is 3.88. The lowest BCUT2D eigenvalue weighted by molar-refractivity contribution is 0.0983. The van der Waals surface area contributed by atoms with Crippen LogP contribution >= 0.6 is 0 Å². The summed E-state index contributed by atoms with van der Waals surface area (Å²) in [6.07, 6.45) is 5.26. The molecule has 0 saturated heterocycles. The number of hydrogen-bond acceptors (Lipinski definition) is 3. The van der Waals surface area contributed by atoms with Crippen molar-refractivity contribution in [2.75, 3.05) is 18.0 Å². The number of amides is 1. The molecule has 2 N–H and O–H groups in total. The Bertz CT molecular complexity index is 608. The minimum absolute atomic E-state index is 0.00476. The van der Waals surface area contributed by atoms with E-state index in [9.17, 15) is 4.79 Å². The van der Waals surface area contributed by atoms with Crippen LogP contribution in [0.2, 0.25) is 0 Å². The van der Waals surface area contributed by atoms with Gasteiger partial charge in [0.15, 0.2) is 0 Å². The second kappa shape index (κ2) is 6.10. The maximum Gasteiger partial charge on any atom is 0.261 e. The average Bonchev–Trinajstić information content (AvgIpc) is 3.06. The van der Waals surface area contributed by atoms with Crippen LogP contribution in [0.4, 0.5) is 5.69 Å². The van der Waals surface area contributed by atoms with Gasteiger partial charge >= 0.3 is 0 Å². The van der Waals surface area contributed by atoms with Gasteiger partial charge in [0, 0.05) is 24.5 Å². The number of anilines is 1. The van der Waals surface area contributed by atoms with E-state index in [1.54, 1.807) is 12.4 Å². The zero-order valence-corrected chi connectivity index (χ0v) is 12.2. The van der Waals surface area contributed by atoms with E-state index in [2.05, 4.69) is 28.5 Å². The van der Waals surface area contributed by atoms with Crippen LogP contribution in [-0.4, -0.2) is 29.2 Å². The molecular weight excluding hydrogens is 264 g/mol. The number of hydrogen-bond donors (Lipinski definition) is 2. The topological polar surface area (TPSA) is 61.0 Å². The average molecular weight is 284 g/mol. The summed E-state index contributed by atoms with van der Waals surface area (Å²) in [5, 5.41) is 10.1. The van der Waals surface area contributed by atoms with E-state index in [0.29, 0.717) is 11.6 Å². The molecule has 0 spiro atoms. The first kappa shape index (κ1) is 13.8. The van der Waals surface area contributed by atoms with Crippen molar-refractivity contribution in [3.8, 4) is 0 Å². The number of carbonyl (C=O) groups is 1. The fourth-order valence-electron chi connectivity index (χ4n) is 2.83. The first-order valence-electron chi connectivity index (χ1n) is 7.44. The molecule has 0 fully saturated rings. The maximum atomic E-state index is 12.6. The smallest absolute Gasteiger partial charge is 0.261 e. The molecule has 2 aromatic rings. The first-order valence-corrected chi connectivity index (χ1v) is 7.44. The third kappa shape index (κ3) is 2.69. The Kier molecular flexibility index (Phi) is 4.01. The van der Waals surface area contributed by atoms with Crippen molar-refractivity contribution in [3.05, 3.63) is 47.8 Å². The van der Waals surface area contributed by atoms with Crippen molar-refractivity contribution in [3.63, 3.8) is 0 Å². The quantitative estimate of drug-likeness (QED) is 0.907. The van der Waals surface area contributed by atoms with Crippen LogP contribution in [0, 0.1) is 0 Å². The van der Waals surface area contributed by atoms with Crippen LogP contribution in [0.5, 0.6) is 0 Å². The van der Waals surface area contributed by atoms with Gasteiger partial charge in [-0.15, -0.1) is 0 Å². The number of nitrogens with one attached hydrogen (secondary N) is 2. The second-order valence-electron chi connectivity index (χ2n) is 5.30. The molecule has 1 amide bonds. The molecule has 1 atom stereocenters. The van der Waals surface area contributed by atoms with Crippen molar-refractivity contribution in [2.24, 2.45) is 0 Å². The number of benzene rings is 1. The highest BCUT2D eigenvalue weighted by molar-refractivity contribution is 6.06. The molecule has 0 aliphatic carbocycles. The molecular formula is C16H20N4O. The Morgan fingerprint density at radius 1 is 1.48 bits per heavy atom. The monoisotopic (exact) mass is 284 g/mol. The summed E-state index contributed by atoms with van der Waals surface area (Å²) in [7, 11) is 0. The summed E-state index contributed by atoms with van der Waals surface area (Å²) in [6.45, 7) is 3.88. The van der Waals surface area contributed by atoms with Gasteiger partial charge in [0.05, 0.1) is 11.8 Å². The molecule has 1 aromatic heterocycles. The lowest BCUT2D eigenvalue weighted by Gasteiger charge is -2.34. The summed E-state index contributed by atoms with van der Waals surface area (Å²) in [5.41, 5.74) is 2.81. The number of para-hydroxylation sites is 1. The maximum absolute atomic E-state index is 12.6. The number of aromatic nitrogens is 2. The van der Waals surface area contributed by atoms with Gasteiger partial charge in [0.1, 0.15) is 0 Å². The normalized spacial score (nSPS) is 17.6. The summed E-state index contributed by atoms with van der Waals surface area (Å²) in [6, 6.07) is 8.47. The Labute approximate surface area is 124 Å². The fourth-order valence-corrected chi connectivity index (χ4v) is 2.83. The number of nitrogens with zero attached hydrogens (tertiary/aromatic N) is 2. The molecule has 0 saturated carbocycles. The van der Waals surface area contributed by atoms with E-state index in [-0.39, 0.29) is 5.91 Å². The predicted octanol–water partition coefficient (Wildman–Crippen LogP) is 2.50. The Morgan fingerprint density at radius 2 is 2.33 bits per heavy atom. The zero-order valence-electron chi connectivity index (χ0n) is 12.2. The Hall–Kier alpha value is -2.14. The van der Waals surface area contributed by atoms with Crippen LogP contribution in [-0.2, 0) is 0 Å². The van der Waals surface area contributed by atoms with Crippen molar-refractivity contribution >= 4 is 11.6 Å². The van der Waals surface area contributed by atoms with E-state index in [4.69, 9.17) is 0 Å². The second-order valence-corrected chi connectivity index (χ2v) is 5.30. The summed E-state index contributed by atoms with van der Waals surface area (Å²) < 4.78 is 0. The molecule has 1 unspecified atom stereocenters. The van der Waals surface area contributed by atoms with Crippen molar-refractivity contribution < 1.29 is 4.79 Å². The minimum atomic E-state index is 0.00476. The molecule has 5 nitrogen and oxygen atoms in total. The van der Waals surface area contributed by atoms with Crippen molar-refractivity contribution in [1.82, 2.24) is 15.5 Å². The van der Waals surface area contributed by atoms with Gasteiger partial charge in [-0.3, -0.25) is 9.89 Å². The number of H-pyrrole nitrogens is 1. The largest absolute Gasteiger partial charge is 0.310 e. The highest BCUT2D eigenvalue weighted by Crippen LogP contribution is 2.34. The van der Waals surface area contributed by atoms with Gasteiger partial charge in [-0.05, 0) is 31.0 Å². The molecule has 1 aliphatic rings. The molecule has 21 heavy (non-hydrogen) atoms. The zero-order chi connectivity index (χ0) is 14.7. The first-order chi connectivity index (χ1) is 10.3. The van der Waals surface area contributed by atoms with Crippen LogP contribution in [0.3, 0.4) is 0 Å². The fraction of sp³-hybridized carbons (Fsp3) is 0.375. The highest BCUT2D eigenvalue weighted by Gasteiger charge is 2.28. The van der Waals surface area contributed by atoms with Crippen LogP contribution in [0.1, 0.15) is 41.7 Å². The van der Waals surface area contributed by atoms with E-state index in [1.807, 2.05) is 23.1 Å². The van der Waals surface area contributed by atoms with E-state index in [0.717, 1.165) is 31.6 Å². The number of fused-ring (bicyclic) bond motifs is 1. The third-order valence-corrected chi connectivity index (χ3v) is 3.88. The van der Waals surface area contributed by atoms with Crippen LogP contribution < -0.4 is 10.2 Å². The van der Waals surface area contributed by atoms with E-state index >= 15 is 0 Å². The number of rotatable bonds is 4. The Balaban J connectivity index is 1.89. The van der Waals surface area contributed by atoms with Gasteiger partial charge in [-0.25, -0.2) is 0 Å². The van der Waals surface area contributed by atoms with Gasteiger partial charge in [-0.1, -0.05) is 25.1 Å². The lowest BCUT2D eigenvalue weighted by Crippen LogP contribution is -2.39. The molecule has 110 valence electrons. The summed E-state index contributed by atoms with van der Waals surface area (Å²) in [5.74, 6) is 0.00476. The highest BCUT2D eigenvalue weighted by atomic mass is 16.2. The van der Waals surface area contributed by atoms with Crippen LogP contribution in [0.15, 0.2) is 36.7 Å². The Morgan fingerprint density at radius 3 is 3.10 bits per heavy atom. The van der Waals surface area contributed by atoms with Gasteiger partial charge < -0.3 is 10.2 Å². The van der Waals surface area contributed by atoms with Crippen LogP contribution in [0.25, 0.3) is 0 Å². The summed E-state index contributed by atoms with van der Waals surface area (Å²) >= 11 is 0. The molecule has 0 bridgehead atoms. The van der Waals surface area contributed by atoms with E-state index < -0.39 is 0 Å². The minimum Gasteiger partial charge on any atom is -0.310 e. The molecule has 2 heterocycles. The molecule has 5 heteroatoms. The van der Waals surface area contributed by atoms with Gasteiger partial charge in [0.2, 0.25) is 0 Å². The molecule has 1 aliphatic heterocycles. The molecule has 3 rings (SSSR count). The van der Waals surface area contributed by atoms with Gasteiger partial charge in [0.25, 0.3) is 5.91 Å². The number of carbonyl (C=O) groups excluding carboxylic acids is 1. The van der Waals surface area contributed by atoms with Gasteiger partial charge in [-0.2, -0.15) is 5.10 Å². The predicted molar refractivity (Wildman–Crippen MR) is 82.4 cm³/mol. The molecule has 0 radical (unpaired) electrons.